The number of nitrogens with zero attached hydrogens (tertiary/aromatic N) is 2. The number of aliphatic hydroxyl groups is 1. The Morgan fingerprint density at radius 3 is 2.63 bits per heavy atom. The molecular formula is C14H24N6O7. The van der Waals surface area contributed by atoms with Crippen LogP contribution in [0.2, 0.25) is 0 Å². The quantitative estimate of drug-likeness (QED) is 0.312. The lowest BCUT2D eigenvalue weighted by Gasteiger charge is -2.20. The van der Waals surface area contributed by atoms with Crippen molar-refractivity contribution in [1.82, 2.24) is 26.1 Å². The van der Waals surface area contributed by atoms with Gasteiger partial charge in [-0.3, -0.25) is 4.79 Å². The van der Waals surface area contributed by atoms with Gasteiger partial charge in [0.15, 0.2) is 11.9 Å². The van der Waals surface area contributed by atoms with Crippen molar-refractivity contribution < 1.29 is 33.9 Å². The number of nitrogens with two attached hydrogens (primary N) is 1. The number of hydrogen-bond acceptors (Lipinski definition) is 9. The number of ether oxygens (including phenoxy) is 1. The monoisotopic (exact) mass is 388 g/mol. The molecule has 0 radical (unpaired) electrons. The second-order valence-corrected chi connectivity index (χ2v) is 5.62. The topological polar surface area (TPSA) is 202 Å². The molecular weight excluding hydrogens is 364 g/mol. The van der Waals surface area contributed by atoms with Crippen molar-refractivity contribution in [3.8, 4) is 0 Å². The third-order valence-electron chi connectivity index (χ3n) is 3.15. The van der Waals surface area contributed by atoms with Crippen LogP contribution in [0.1, 0.15) is 31.6 Å². The van der Waals surface area contributed by atoms with Crippen molar-refractivity contribution >= 4 is 17.9 Å². The van der Waals surface area contributed by atoms with Crippen LogP contribution in [0.25, 0.3) is 0 Å². The molecule has 2 heterocycles. The first kappa shape index (κ1) is 22.3. The molecule has 0 aromatic carbocycles. The lowest BCUT2D eigenvalue weighted by Crippen LogP contribution is -2.51. The highest BCUT2D eigenvalue weighted by atomic mass is 16.5. The van der Waals surface area contributed by atoms with Gasteiger partial charge in [0, 0.05) is 13.5 Å². The zero-order chi connectivity index (χ0) is 20.4. The third-order valence-corrected chi connectivity index (χ3v) is 3.15. The number of hydrogen-bond donors (Lipinski definition) is 6. The summed E-state index contributed by atoms with van der Waals surface area (Å²) in [6.07, 6.45) is -1.23. The van der Waals surface area contributed by atoms with Crippen LogP contribution in [0.5, 0.6) is 0 Å². The molecule has 3 amide bonds. The Morgan fingerprint density at radius 1 is 1.44 bits per heavy atom. The van der Waals surface area contributed by atoms with Crippen LogP contribution in [0, 0.1) is 0 Å². The Hall–Kier alpha value is -2.77. The van der Waals surface area contributed by atoms with Crippen LogP contribution in [0.15, 0.2) is 4.52 Å². The second kappa shape index (κ2) is 11.1. The van der Waals surface area contributed by atoms with E-state index >= 15 is 0 Å². The lowest BCUT2D eigenvalue weighted by atomic mass is 10.2. The molecule has 7 N–H and O–H groups in total. The van der Waals surface area contributed by atoms with Gasteiger partial charge in [0.25, 0.3) is 0 Å². The predicted molar refractivity (Wildman–Crippen MR) is 89.2 cm³/mol. The van der Waals surface area contributed by atoms with Gasteiger partial charge in [-0.25, -0.2) is 9.59 Å². The van der Waals surface area contributed by atoms with Gasteiger partial charge in [0.05, 0.1) is 31.9 Å². The van der Waals surface area contributed by atoms with E-state index in [1.54, 1.807) is 0 Å². The number of amides is 3. The summed E-state index contributed by atoms with van der Waals surface area (Å²) in [4.78, 5) is 35.8. The summed E-state index contributed by atoms with van der Waals surface area (Å²) in [6, 6.07) is -2.34. The van der Waals surface area contributed by atoms with Crippen LogP contribution in [-0.2, 0) is 20.9 Å². The fraction of sp³-hybridized carbons (Fsp3) is 0.643. The molecule has 1 fully saturated rings. The Balaban J connectivity index is 0.000000828. The van der Waals surface area contributed by atoms with E-state index in [0.717, 1.165) is 0 Å². The molecule has 3 unspecified atom stereocenters. The highest BCUT2D eigenvalue weighted by Gasteiger charge is 2.25. The van der Waals surface area contributed by atoms with Crippen molar-refractivity contribution in [3.05, 3.63) is 11.7 Å². The zero-order valence-corrected chi connectivity index (χ0v) is 15.0. The smallest absolute Gasteiger partial charge is 0.328 e. The molecule has 1 aromatic heterocycles. The van der Waals surface area contributed by atoms with Crippen molar-refractivity contribution in [2.24, 2.45) is 5.73 Å². The molecule has 0 saturated carbocycles. The number of carbonyl (C=O) groups is 3. The number of urea groups is 1. The summed E-state index contributed by atoms with van der Waals surface area (Å²) in [6.45, 7) is 4.24. The number of aliphatic carboxylic acids is 1. The zero-order valence-electron chi connectivity index (χ0n) is 15.0. The summed E-state index contributed by atoms with van der Waals surface area (Å²) >= 11 is 0. The van der Waals surface area contributed by atoms with Crippen molar-refractivity contribution in [2.45, 2.75) is 38.6 Å². The first-order valence-corrected chi connectivity index (χ1v) is 8.05. The molecule has 3 atom stereocenters. The third kappa shape index (κ3) is 8.44. The van der Waals surface area contributed by atoms with Crippen LogP contribution >= 0.6 is 0 Å². The fourth-order valence-electron chi connectivity index (χ4n) is 1.95. The van der Waals surface area contributed by atoms with Crippen molar-refractivity contribution in [3.63, 3.8) is 0 Å². The molecule has 1 saturated heterocycles. The number of carbonyl (C=O) groups excluding carboxylic acids is 2. The second-order valence-electron chi connectivity index (χ2n) is 5.62. The summed E-state index contributed by atoms with van der Waals surface area (Å²) in [5.41, 5.74) is 4.47. The summed E-state index contributed by atoms with van der Waals surface area (Å²) in [5.74, 6) is -1.07. The minimum Gasteiger partial charge on any atom is -0.480 e. The number of rotatable bonds is 6. The number of nitrogens with one attached hydrogen (secondary N) is 3. The van der Waals surface area contributed by atoms with Crippen LogP contribution in [-0.4, -0.2) is 70.2 Å². The van der Waals surface area contributed by atoms with Crippen LogP contribution in [0.3, 0.4) is 0 Å². The van der Waals surface area contributed by atoms with Gasteiger partial charge < -0.3 is 41.2 Å². The maximum atomic E-state index is 11.6. The molecule has 1 aromatic rings. The van der Waals surface area contributed by atoms with Crippen LogP contribution in [0.4, 0.5) is 4.79 Å². The Labute approximate surface area is 154 Å². The van der Waals surface area contributed by atoms with E-state index in [1.165, 1.54) is 13.8 Å². The molecule has 152 valence electrons. The van der Waals surface area contributed by atoms with Gasteiger partial charge in [0.1, 0.15) is 0 Å². The molecule has 0 spiro atoms. The van der Waals surface area contributed by atoms with E-state index in [0.29, 0.717) is 25.6 Å². The molecule has 1 aliphatic rings. The number of carboxylic acid groups (broad SMARTS) is 1. The predicted octanol–water partition coefficient (Wildman–Crippen LogP) is -2.14. The molecule has 13 nitrogen and oxygen atoms in total. The van der Waals surface area contributed by atoms with Gasteiger partial charge >= 0.3 is 12.0 Å². The lowest BCUT2D eigenvalue weighted by molar-refractivity contribution is -0.141. The Bertz CT molecular complexity index is 625. The van der Waals surface area contributed by atoms with Gasteiger partial charge in [0.2, 0.25) is 11.8 Å². The SMILES string of the molecule is CC(N)=O.CC(O)C(NC(=O)NCc1nc(C2COCCN2)no1)C(=O)O. The maximum Gasteiger partial charge on any atom is 0.328 e. The normalized spacial score (nSPS) is 18.4. The molecule has 2 rings (SSSR count). The average Bonchev–Trinajstić information content (AvgIpc) is 3.06. The fourth-order valence-corrected chi connectivity index (χ4v) is 1.95. The Kier molecular flexibility index (Phi) is 9.12. The molecule has 1 aliphatic heterocycles. The van der Waals surface area contributed by atoms with Crippen LogP contribution < -0.4 is 21.7 Å². The van der Waals surface area contributed by atoms with E-state index in [4.69, 9.17) is 14.4 Å². The highest BCUT2D eigenvalue weighted by Crippen LogP contribution is 2.12. The first-order valence-electron chi connectivity index (χ1n) is 8.05. The molecule has 0 aliphatic carbocycles. The minimum atomic E-state index is -1.41. The Morgan fingerprint density at radius 2 is 2.11 bits per heavy atom. The van der Waals surface area contributed by atoms with Gasteiger partial charge in [-0.15, -0.1) is 0 Å². The summed E-state index contributed by atoms with van der Waals surface area (Å²) in [5, 5.41) is 29.6. The largest absolute Gasteiger partial charge is 0.480 e. The van der Waals surface area contributed by atoms with E-state index < -0.39 is 24.1 Å². The maximum absolute atomic E-state index is 11.6. The average molecular weight is 388 g/mol. The standard InChI is InChI=1S/C12H19N5O6.C2H5NO/c1-6(18)9(11(19)20)16-12(21)14-4-8-15-10(17-23-8)7-5-22-3-2-13-7;1-2(3)4/h6-7,9,13,18H,2-5H2,1H3,(H,19,20)(H2,14,16,21);1H3,(H2,3,4). The van der Waals surface area contributed by atoms with E-state index in [-0.39, 0.29) is 24.4 Å². The van der Waals surface area contributed by atoms with E-state index in [9.17, 15) is 19.5 Å². The minimum absolute atomic E-state index is 0.0709. The number of morpholine rings is 1. The molecule has 27 heavy (non-hydrogen) atoms. The van der Waals surface area contributed by atoms with E-state index in [1.807, 2.05) is 0 Å². The number of aliphatic hydroxyl groups excluding tert-OH is 1. The van der Waals surface area contributed by atoms with Gasteiger partial charge in [-0.1, -0.05) is 5.16 Å². The first-order chi connectivity index (χ1) is 12.7. The summed E-state index contributed by atoms with van der Waals surface area (Å²) in [7, 11) is 0. The number of carboxylic acids is 1. The number of aromatic nitrogens is 2. The summed E-state index contributed by atoms with van der Waals surface area (Å²) < 4.78 is 10.3. The van der Waals surface area contributed by atoms with Gasteiger partial charge in [-0.2, -0.15) is 4.98 Å². The van der Waals surface area contributed by atoms with Crippen molar-refractivity contribution in [2.75, 3.05) is 19.8 Å². The number of primary amides is 1. The molecule has 13 heteroatoms. The molecule has 0 bridgehead atoms. The highest BCUT2D eigenvalue weighted by molar-refractivity contribution is 5.82. The van der Waals surface area contributed by atoms with Gasteiger partial charge in [-0.05, 0) is 6.92 Å². The van der Waals surface area contributed by atoms with E-state index in [2.05, 4.69) is 31.8 Å². The van der Waals surface area contributed by atoms with Crippen molar-refractivity contribution in [1.29, 1.82) is 0 Å².